The fraction of sp³-hybridized carbons (Fsp3) is 0.0976. The van der Waals surface area contributed by atoms with Crippen molar-refractivity contribution in [1.29, 1.82) is 0 Å². The first-order valence-electron chi connectivity index (χ1n) is 15.1. The Morgan fingerprint density at radius 1 is 0.480 bits per heavy atom. The van der Waals surface area contributed by atoms with Crippen LogP contribution in [0.4, 0.5) is 0 Å². The minimum Gasteiger partial charge on any atom is -0.423 e. The largest absolute Gasteiger partial charge is 0.423 e. The van der Waals surface area contributed by atoms with Gasteiger partial charge in [0.1, 0.15) is 23.0 Å². The second kappa shape index (κ2) is 15.9. The Hall–Kier alpha value is -6.79. The van der Waals surface area contributed by atoms with E-state index in [2.05, 4.69) is 31.6 Å². The second-order valence-electron chi connectivity index (χ2n) is 11.2. The van der Waals surface area contributed by atoms with Gasteiger partial charge >= 0.3 is 23.9 Å². The van der Waals surface area contributed by atoms with E-state index >= 15 is 0 Å². The number of carbonyl (C=O) groups excluding carboxylic acids is 5. The van der Waals surface area contributed by atoms with Gasteiger partial charge in [0, 0.05) is 40.8 Å². The van der Waals surface area contributed by atoms with Gasteiger partial charge in [0.25, 0.3) is 0 Å². The van der Waals surface area contributed by atoms with Crippen LogP contribution in [0.1, 0.15) is 38.8 Å². The Labute approximate surface area is 289 Å². The summed E-state index contributed by atoms with van der Waals surface area (Å²) in [7, 11) is 0. The van der Waals surface area contributed by atoms with Crippen molar-refractivity contribution in [3.8, 4) is 57.1 Å². The van der Waals surface area contributed by atoms with E-state index in [4.69, 9.17) is 18.9 Å². The predicted molar refractivity (Wildman–Crippen MR) is 187 cm³/mol. The predicted octanol–water partition coefficient (Wildman–Crippen LogP) is 7.36. The van der Waals surface area contributed by atoms with Crippen molar-refractivity contribution in [3.63, 3.8) is 0 Å². The van der Waals surface area contributed by atoms with Crippen LogP contribution in [0.15, 0.2) is 121 Å². The molecule has 0 unspecified atom stereocenters. The van der Waals surface area contributed by atoms with E-state index in [0.717, 1.165) is 18.1 Å². The molecule has 0 amide bonds. The Morgan fingerprint density at radius 3 is 1.36 bits per heavy atom. The van der Waals surface area contributed by atoms with E-state index in [-0.39, 0.29) is 34.0 Å². The van der Waals surface area contributed by atoms with E-state index in [1.165, 1.54) is 38.1 Å². The van der Waals surface area contributed by atoms with Gasteiger partial charge in [-0.1, -0.05) is 68.0 Å². The first-order chi connectivity index (χ1) is 23.7. The molecule has 9 nitrogen and oxygen atoms in total. The molecule has 0 saturated carbocycles. The van der Waals surface area contributed by atoms with Gasteiger partial charge in [0.15, 0.2) is 0 Å². The fourth-order valence-corrected chi connectivity index (χ4v) is 4.10. The van der Waals surface area contributed by atoms with Crippen molar-refractivity contribution in [2.75, 3.05) is 0 Å². The third kappa shape index (κ3) is 9.40. The number of hydrogen-bond donors (Lipinski definition) is 0. The molecule has 4 aromatic carbocycles. The van der Waals surface area contributed by atoms with E-state index in [1.54, 1.807) is 43.3 Å². The van der Waals surface area contributed by atoms with Crippen molar-refractivity contribution < 1.29 is 42.9 Å². The monoisotopic (exact) mass is 668 g/mol. The molecule has 0 heterocycles. The highest BCUT2D eigenvalue weighted by atomic mass is 16.6. The number of esters is 4. The lowest BCUT2D eigenvalue weighted by atomic mass is 10.0. The quantitative estimate of drug-likeness (QED) is 0.0561. The smallest absolute Gasteiger partial charge is 0.379 e. The van der Waals surface area contributed by atoms with E-state index < -0.39 is 29.7 Å². The lowest BCUT2D eigenvalue weighted by Gasteiger charge is -2.15. The fourth-order valence-electron chi connectivity index (χ4n) is 4.10. The number of hydrogen-bond acceptors (Lipinski definition) is 9. The summed E-state index contributed by atoms with van der Waals surface area (Å²) in [5.74, 6) is 2.89. The third-order valence-electron chi connectivity index (χ3n) is 6.82. The number of ether oxygens (including phenoxy) is 4. The summed E-state index contributed by atoms with van der Waals surface area (Å²) < 4.78 is 21.6. The molecule has 4 rings (SSSR count). The Balaban J connectivity index is 1.71. The molecule has 0 N–H and O–H groups in total. The van der Waals surface area contributed by atoms with Gasteiger partial charge in [-0.25, -0.2) is 19.2 Å². The number of rotatable bonds is 10. The first kappa shape index (κ1) is 36.1. The minimum absolute atomic E-state index is 0.0512. The first-order valence-corrected chi connectivity index (χ1v) is 15.1. The van der Waals surface area contributed by atoms with Crippen molar-refractivity contribution in [3.05, 3.63) is 133 Å². The molecule has 50 heavy (non-hydrogen) atoms. The molecule has 0 aliphatic heterocycles. The molecule has 0 spiro atoms. The van der Waals surface area contributed by atoms with Crippen LogP contribution in [0.25, 0.3) is 22.3 Å². The van der Waals surface area contributed by atoms with E-state index in [9.17, 15) is 24.0 Å². The SMILES string of the molecule is C=C(C)C(=O)Oc1ccc(-c2ccc(C#Cc3cc(OC(=O)C(=C)C)c(-c4ccc(OC(=O)C(=C)C)cc4)cc3OC(=O)C(C)=O)cc2)cc1. The Bertz CT molecular complexity index is 2110. The molecule has 250 valence electrons. The highest BCUT2D eigenvalue weighted by molar-refractivity contribution is 6.33. The summed E-state index contributed by atoms with van der Waals surface area (Å²) in [6.07, 6.45) is 0. The van der Waals surface area contributed by atoms with Crippen LogP contribution in [-0.4, -0.2) is 29.7 Å². The van der Waals surface area contributed by atoms with Gasteiger partial charge in [-0.2, -0.15) is 0 Å². The molecule has 0 radical (unpaired) electrons. The second-order valence-corrected chi connectivity index (χ2v) is 11.2. The Kier molecular flexibility index (Phi) is 11.4. The van der Waals surface area contributed by atoms with Crippen molar-refractivity contribution in [2.45, 2.75) is 27.7 Å². The molecular formula is C41H32O9. The molecule has 0 aliphatic rings. The zero-order chi connectivity index (χ0) is 36.5. The maximum atomic E-state index is 12.6. The summed E-state index contributed by atoms with van der Waals surface area (Å²) in [4.78, 5) is 60.6. The number of ketones is 1. The minimum atomic E-state index is -1.11. The lowest BCUT2D eigenvalue weighted by Crippen LogP contribution is -2.17. The van der Waals surface area contributed by atoms with Crippen molar-refractivity contribution >= 4 is 29.7 Å². The molecular weight excluding hydrogens is 636 g/mol. The van der Waals surface area contributed by atoms with Gasteiger partial charge < -0.3 is 18.9 Å². The number of Topliss-reactive ketones (excluding diaryl/α,β-unsaturated/α-hetero) is 1. The van der Waals surface area contributed by atoms with Crippen LogP contribution in [-0.2, 0) is 24.0 Å². The van der Waals surface area contributed by atoms with Crippen LogP contribution in [0.2, 0.25) is 0 Å². The normalized spacial score (nSPS) is 10.1. The van der Waals surface area contributed by atoms with Crippen LogP contribution >= 0.6 is 0 Å². The van der Waals surface area contributed by atoms with Gasteiger partial charge in [-0.15, -0.1) is 0 Å². The highest BCUT2D eigenvalue weighted by Crippen LogP contribution is 2.37. The zero-order valence-corrected chi connectivity index (χ0v) is 27.9. The standard InChI is InChI=1S/C41H32O9/c1-24(2)38(43)47-33-18-14-30(15-19-33)29-11-8-28(9-12-29)10-13-32-22-37(50-40(45)26(5)6)35(23-36(32)49-41(46)27(7)42)31-16-20-34(21-17-31)48-39(44)25(3)4/h8-9,11-12,14-23H,1,3,5H2,2,4,6-7H3. The van der Waals surface area contributed by atoms with Crippen LogP contribution in [0.3, 0.4) is 0 Å². The maximum absolute atomic E-state index is 12.6. The van der Waals surface area contributed by atoms with Gasteiger partial charge in [-0.05, 0) is 79.9 Å². The highest BCUT2D eigenvalue weighted by Gasteiger charge is 2.20. The molecule has 9 heteroatoms. The number of benzene rings is 4. The molecule has 4 aromatic rings. The van der Waals surface area contributed by atoms with E-state index in [1.807, 2.05) is 24.3 Å². The van der Waals surface area contributed by atoms with Crippen LogP contribution in [0.5, 0.6) is 23.0 Å². The number of carbonyl (C=O) groups is 5. The molecule has 0 aromatic heterocycles. The van der Waals surface area contributed by atoms with Crippen molar-refractivity contribution in [1.82, 2.24) is 0 Å². The Morgan fingerprint density at radius 2 is 0.900 bits per heavy atom. The van der Waals surface area contributed by atoms with Crippen LogP contribution in [0, 0.1) is 11.8 Å². The summed E-state index contributed by atoms with van der Waals surface area (Å²) >= 11 is 0. The van der Waals surface area contributed by atoms with Crippen LogP contribution < -0.4 is 18.9 Å². The maximum Gasteiger partial charge on any atom is 0.379 e. The van der Waals surface area contributed by atoms with Gasteiger partial charge in [0.05, 0.1) is 5.56 Å². The average molecular weight is 669 g/mol. The lowest BCUT2D eigenvalue weighted by molar-refractivity contribution is -0.146. The van der Waals surface area contributed by atoms with Crippen molar-refractivity contribution in [2.24, 2.45) is 0 Å². The summed E-state index contributed by atoms with van der Waals surface area (Å²) in [5.41, 5.74) is 4.00. The summed E-state index contributed by atoms with van der Waals surface area (Å²) in [6, 6.07) is 23.4. The molecule has 0 atom stereocenters. The van der Waals surface area contributed by atoms with Gasteiger partial charge in [0.2, 0.25) is 5.78 Å². The molecule has 0 fully saturated rings. The topological polar surface area (TPSA) is 122 Å². The summed E-state index contributed by atoms with van der Waals surface area (Å²) in [6.45, 7) is 16.5. The van der Waals surface area contributed by atoms with E-state index in [0.29, 0.717) is 28.0 Å². The zero-order valence-electron chi connectivity index (χ0n) is 27.9. The third-order valence-corrected chi connectivity index (χ3v) is 6.82. The molecule has 0 aliphatic carbocycles. The average Bonchev–Trinajstić information content (AvgIpc) is 3.08. The van der Waals surface area contributed by atoms with Gasteiger partial charge in [-0.3, -0.25) is 4.79 Å². The molecule has 0 bridgehead atoms. The molecule has 0 saturated heterocycles. The summed E-state index contributed by atoms with van der Waals surface area (Å²) in [5, 5.41) is 0.